The van der Waals surface area contributed by atoms with Crippen molar-refractivity contribution in [3.63, 3.8) is 0 Å². The smallest absolute Gasteiger partial charge is 0.305 e. The van der Waals surface area contributed by atoms with Crippen molar-refractivity contribution in [2.75, 3.05) is 13.2 Å². The zero-order valence-electron chi connectivity index (χ0n) is 26.1. The number of ether oxygens (including phenoxy) is 4. The first-order valence-corrected chi connectivity index (χ1v) is 17.3. The van der Waals surface area contributed by atoms with Gasteiger partial charge in [-0.15, -0.1) is 0 Å². The fourth-order valence-electron chi connectivity index (χ4n) is 5.58. The van der Waals surface area contributed by atoms with Crippen LogP contribution in [0, 0.1) is 0 Å². The lowest BCUT2D eigenvalue weighted by molar-refractivity contribution is -0.146. The van der Waals surface area contributed by atoms with E-state index in [-0.39, 0.29) is 11.9 Å². The fraction of sp³-hybridized carbons (Fsp3) is 0.941. The van der Waals surface area contributed by atoms with Gasteiger partial charge in [-0.1, -0.05) is 104 Å². The second-order valence-corrected chi connectivity index (χ2v) is 12.2. The van der Waals surface area contributed by atoms with Crippen LogP contribution >= 0.6 is 0 Å². The molecule has 0 spiro atoms. The molecule has 0 aromatic heterocycles. The number of carbonyl (C=O) groups is 2. The molecule has 2 rings (SSSR count). The van der Waals surface area contributed by atoms with Crippen molar-refractivity contribution in [2.45, 2.75) is 192 Å². The second kappa shape index (κ2) is 23.4. The van der Waals surface area contributed by atoms with Gasteiger partial charge in [0, 0.05) is 12.8 Å². The summed E-state index contributed by atoms with van der Waals surface area (Å²) < 4.78 is 22.2. The lowest BCUT2D eigenvalue weighted by Gasteiger charge is -2.06. The zero-order valence-corrected chi connectivity index (χ0v) is 26.1. The molecule has 0 radical (unpaired) electrons. The van der Waals surface area contributed by atoms with Crippen molar-refractivity contribution in [1.29, 1.82) is 0 Å². The highest BCUT2D eigenvalue weighted by Gasteiger charge is 2.37. The summed E-state index contributed by atoms with van der Waals surface area (Å²) in [6, 6.07) is 0. The van der Waals surface area contributed by atoms with Crippen molar-refractivity contribution in [3.8, 4) is 0 Å². The molecule has 0 amide bonds. The van der Waals surface area contributed by atoms with Crippen LogP contribution < -0.4 is 0 Å². The van der Waals surface area contributed by atoms with Gasteiger partial charge in [-0.2, -0.15) is 0 Å². The van der Waals surface area contributed by atoms with Crippen molar-refractivity contribution in [2.24, 2.45) is 0 Å². The third-order valence-corrected chi connectivity index (χ3v) is 8.36. The number of rotatable bonds is 29. The summed E-state index contributed by atoms with van der Waals surface area (Å²) in [7, 11) is 0. The maximum atomic E-state index is 11.9. The first kappa shape index (κ1) is 35.1. The van der Waals surface area contributed by atoms with Crippen LogP contribution in [0.25, 0.3) is 0 Å². The first-order chi connectivity index (χ1) is 19.6. The topological polar surface area (TPSA) is 77.7 Å². The van der Waals surface area contributed by atoms with Crippen LogP contribution in [-0.4, -0.2) is 49.6 Å². The SMILES string of the molecule is CCCCCCC1OC1CCCCCCOC(=O)CCCCC(=O)OCCCCCCC1OC1CCCCCC. The quantitative estimate of drug-likeness (QED) is 0.0511. The average Bonchev–Trinajstić information content (AvgIpc) is 3.87. The van der Waals surface area contributed by atoms with Gasteiger partial charge in [-0.25, -0.2) is 0 Å². The molecule has 40 heavy (non-hydrogen) atoms. The van der Waals surface area contributed by atoms with E-state index in [4.69, 9.17) is 18.9 Å². The molecule has 4 atom stereocenters. The fourth-order valence-corrected chi connectivity index (χ4v) is 5.58. The second-order valence-electron chi connectivity index (χ2n) is 12.2. The van der Waals surface area contributed by atoms with Crippen LogP contribution in [0.4, 0.5) is 0 Å². The summed E-state index contributed by atoms with van der Waals surface area (Å²) >= 11 is 0. The Balaban J connectivity index is 1.25. The molecule has 4 unspecified atom stereocenters. The molecule has 0 aliphatic carbocycles. The normalized spacial score (nSPS) is 21.4. The van der Waals surface area contributed by atoms with E-state index in [1.807, 2.05) is 0 Å². The molecule has 6 nitrogen and oxygen atoms in total. The predicted molar refractivity (Wildman–Crippen MR) is 161 cm³/mol. The van der Waals surface area contributed by atoms with E-state index >= 15 is 0 Å². The Labute approximate surface area is 246 Å². The maximum absolute atomic E-state index is 11.9. The van der Waals surface area contributed by atoms with E-state index in [0.717, 1.165) is 25.7 Å². The van der Waals surface area contributed by atoms with Gasteiger partial charge in [0.2, 0.25) is 0 Å². The number of epoxide rings is 2. The molecule has 6 heteroatoms. The Bertz CT molecular complexity index is 584. The molecule has 2 heterocycles. The minimum Gasteiger partial charge on any atom is -0.466 e. The van der Waals surface area contributed by atoms with Gasteiger partial charge in [0.1, 0.15) is 0 Å². The lowest BCUT2D eigenvalue weighted by atomic mass is 10.1. The number of carbonyl (C=O) groups excluding carboxylic acids is 2. The molecule has 2 fully saturated rings. The molecule has 2 aliphatic heterocycles. The molecule has 2 aliphatic rings. The van der Waals surface area contributed by atoms with Crippen LogP contribution in [0.1, 0.15) is 168 Å². The summed E-state index contributed by atoms with van der Waals surface area (Å²) in [5.41, 5.74) is 0. The zero-order chi connectivity index (χ0) is 28.7. The summed E-state index contributed by atoms with van der Waals surface area (Å²) in [5, 5.41) is 0. The summed E-state index contributed by atoms with van der Waals surface area (Å²) in [6.45, 7) is 5.51. The van der Waals surface area contributed by atoms with Crippen LogP contribution in [0.2, 0.25) is 0 Å². The number of unbranched alkanes of at least 4 members (excludes halogenated alkanes) is 13. The maximum Gasteiger partial charge on any atom is 0.305 e. The highest BCUT2D eigenvalue weighted by Crippen LogP contribution is 2.32. The standard InChI is InChI=1S/C34H62O6/c1-3-5-7-13-21-29-31(39-29)23-15-9-11-19-27-37-33(35)25-17-18-26-34(36)38-28-20-12-10-16-24-32-30(40-32)22-14-8-6-4-2/h29-32H,3-28H2,1-2H3. The predicted octanol–water partition coefficient (Wildman–Crippen LogP) is 9.01. The Morgan fingerprint density at radius 3 is 1.12 bits per heavy atom. The van der Waals surface area contributed by atoms with Gasteiger partial charge in [-0.3, -0.25) is 9.59 Å². The van der Waals surface area contributed by atoms with Crippen molar-refractivity contribution in [1.82, 2.24) is 0 Å². The van der Waals surface area contributed by atoms with Crippen molar-refractivity contribution >= 4 is 11.9 Å². The largest absolute Gasteiger partial charge is 0.466 e. The Morgan fingerprint density at radius 1 is 0.450 bits per heavy atom. The van der Waals surface area contributed by atoms with E-state index in [1.54, 1.807) is 0 Å². The molecule has 2 saturated heterocycles. The van der Waals surface area contributed by atoms with Crippen LogP contribution in [-0.2, 0) is 28.5 Å². The van der Waals surface area contributed by atoms with E-state index < -0.39 is 0 Å². The van der Waals surface area contributed by atoms with Gasteiger partial charge < -0.3 is 18.9 Å². The third-order valence-electron chi connectivity index (χ3n) is 8.36. The van der Waals surface area contributed by atoms with Crippen LogP contribution in [0.15, 0.2) is 0 Å². The van der Waals surface area contributed by atoms with Gasteiger partial charge in [0.05, 0.1) is 37.6 Å². The minimum atomic E-state index is -0.148. The Morgan fingerprint density at radius 2 is 0.775 bits per heavy atom. The summed E-state index contributed by atoms with van der Waals surface area (Å²) in [4.78, 5) is 23.8. The number of hydrogen-bond acceptors (Lipinski definition) is 6. The molecule has 0 saturated carbocycles. The molecule has 234 valence electrons. The van der Waals surface area contributed by atoms with E-state index in [2.05, 4.69) is 13.8 Å². The van der Waals surface area contributed by atoms with Crippen LogP contribution in [0.5, 0.6) is 0 Å². The molecule has 0 N–H and O–H groups in total. The van der Waals surface area contributed by atoms with Gasteiger partial charge in [0.25, 0.3) is 0 Å². The van der Waals surface area contributed by atoms with E-state index in [1.165, 1.54) is 103 Å². The summed E-state index contributed by atoms with van der Waals surface area (Å²) in [6.07, 6.45) is 28.4. The van der Waals surface area contributed by atoms with Crippen molar-refractivity contribution < 1.29 is 28.5 Å². The van der Waals surface area contributed by atoms with Gasteiger partial charge in [-0.05, 0) is 51.4 Å². The highest BCUT2D eigenvalue weighted by molar-refractivity contribution is 5.70. The van der Waals surface area contributed by atoms with Gasteiger partial charge >= 0.3 is 11.9 Å². The Hall–Kier alpha value is -1.14. The monoisotopic (exact) mass is 566 g/mol. The molecular weight excluding hydrogens is 504 g/mol. The van der Waals surface area contributed by atoms with E-state index in [0.29, 0.717) is 63.3 Å². The van der Waals surface area contributed by atoms with E-state index in [9.17, 15) is 9.59 Å². The average molecular weight is 567 g/mol. The number of hydrogen-bond donors (Lipinski definition) is 0. The molecule has 0 aromatic rings. The molecule has 0 bridgehead atoms. The number of esters is 2. The minimum absolute atomic E-state index is 0.148. The van der Waals surface area contributed by atoms with Crippen LogP contribution in [0.3, 0.4) is 0 Å². The lowest BCUT2D eigenvalue weighted by Crippen LogP contribution is -2.08. The summed E-state index contributed by atoms with van der Waals surface area (Å²) in [5.74, 6) is -0.296. The first-order valence-electron chi connectivity index (χ1n) is 17.3. The molecular formula is C34H62O6. The Kier molecular flexibility index (Phi) is 20.5. The third kappa shape index (κ3) is 19.1. The van der Waals surface area contributed by atoms with Gasteiger partial charge in [0.15, 0.2) is 0 Å². The van der Waals surface area contributed by atoms with Crippen molar-refractivity contribution in [3.05, 3.63) is 0 Å². The highest BCUT2D eigenvalue weighted by atomic mass is 16.6. The molecule has 0 aromatic carbocycles.